The second-order valence-electron chi connectivity index (χ2n) is 7.77. The summed E-state index contributed by atoms with van der Waals surface area (Å²) in [6, 6.07) is 15.6. The first kappa shape index (κ1) is 16.8. The number of hydrogen-bond donors (Lipinski definition) is 1. The van der Waals surface area contributed by atoms with E-state index in [-0.39, 0.29) is 11.9 Å². The average Bonchev–Trinajstić information content (AvgIpc) is 3.28. The van der Waals surface area contributed by atoms with Crippen LogP contribution in [-0.2, 0) is 11.2 Å². The third-order valence-electron chi connectivity index (χ3n) is 6.18. The number of benzene rings is 2. The molecule has 2 heterocycles. The number of ether oxygens (including phenoxy) is 1. The maximum Gasteiger partial charge on any atom is 0.288 e. The molecule has 3 atom stereocenters. The second-order valence-corrected chi connectivity index (χ2v) is 7.77. The van der Waals surface area contributed by atoms with Gasteiger partial charge in [-0.05, 0) is 54.5 Å². The van der Waals surface area contributed by atoms with Crippen LogP contribution in [0.2, 0.25) is 0 Å². The number of halogens is 1. The first-order valence-corrected chi connectivity index (χ1v) is 9.68. The highest BCUT2D eigenvalue weighted by atomic mass is 19.1. The van der Waals surface area contributed by atoms with Crippen LogP contribution < -0.4 is 0 Å². The molecule has 1 fully saturated rings. The number of aliphatic imine (C=N–C) groups is 1. The van der Waals surface area contributed by atoms with E-state index in [0.717, 1.165) is 37.8 Å². The minimum atomic E-state index is -0.556. The van der Waals surface area contributed by atoms with Gasteiger partial charge >= 0.3 is 0 Å². The van der Waals surface area contributed by atoms with Crippen LogP contribution in [0.15, 0.2) is 53.5 Å². The van der Waals surface area contributed by atoms with Crippen molar-refractivity contribution in [3.8, 4) is 0 Å². The Morgan fingerprint density at radius 3 is 2.74 bits per heavy atom. The molecule has 0 aromatic heterocycles. The summed E-state index contributed by atoms with van der Waals surface area (Å²) in [6.45, 7) is 1.29. The van der Waals surface area contributed by atoms with Crippen molar-refractivity contribution in [1.29, 1.82) is 0 Å². The van der Waals surface area contributed by atoms with Gasteiger partial charge in [-0.2, -0.15) is 0 Å². The summed E-state index contributed by atoms with van der Waals surface area (Å²) in [5.74, 6) is -0.239. The van der Waals surface area contributed by atoms with Crippen molar-refractivity contribution in [1.82, 2.24) is 4.90 Å². The Kier molecular flexibility index (Phi) is 3.93. The number of rotatable bonds is 1. The van der Waals surface area contributed by atoms with Gasteiger partial charge in [0.15, 0.2) is 5.60 Å². The molecule has 0 radical (unpaired) electrons. The van der Waals surface area contributed by atoms with Crippen molar-refractivity contribution >= 4 is 6.02 Å². The van der Waals surface area contributed by atoms with E-state index in [1.54, 1.807) is 0 Å². The largest absolute Gasteiger partial charge is 0.454 e. The van der Waals surface area contributed by atoms with E-state index < -0.39 is 11.7 Å². The molecule has 5 heteroatoms. The number of amidine groups is 1. The van der Waals surface area contributed by atoms with Crippen molar-refractivity contribution in [3.05, 3.63) is 71.0 Å². The zero-order valence-electron chi connectivity index (χ0n) is 15.1. The van der Waals surface area contributed by atoms with Gasteiger partial charge in [0.2, 0.25) is 0 Å². The molecule has 2 aliphatic heterocycles. The molecule has 1 saturated carbocycles. The fourth-order valence-corrected chi connectivity index (χ4v) is 4.70. The number of hydrogen-bond acceptors (Lipinski definition) is 4. The molecule has 2 aromatic carbocycles. The third-order valence-corrected chi connectivity index (χ3v) is 6.18. The lowest BCUT2D eigenvalue weighted by atomic mass is 9.88. The molecular formula is C22H23FN2O2. The Hall–Kier alpha value is -2.40. The fourth-order valence-electron chi connectivity index (χ4n) is 4.70. The smallest absolute Gasteiger partial charge is 0.288 e. The molecule has 2 aromatic rings. The second kappa shape index (κ2) is 6.34. The van der Waals surface area contributed by atoms with Gasteiger partial charge in [0.25, 0.3) is 6.02 Å². The number of aliphatic hydroxyl groups is 1. The summed E-state index contributed by atoms with van der Waals surface area (Å²) in [7, 11) is 0. The van der Waals surface area contributed by atoms with Gasteiger partial charge in [-0.15, -0.1) is 0 Å². The van der Waals surface area contributed by atoms with Crippen LogP contribution in [0.5, 0.6) is 0 Å². The summed E-state index contributed by atoms with van der Waals surface area (Å²) in [6.07, 6.45) is 3.03. The van der Waals surface area contributed by atoms with Gasteiger partial charge in [0.05, 0.1) is 18.7 Å². The molecule has 1 spiro atoms. The monoisotopic (exact) mass is 366 g/mol. The van der Waals surface area contributed by atoms with Crippen LogP contribution in [0.4, 0.5) is 4.39 Å². The molecule has 0 amide bonds. The quantitative estimate of drug-likeness (QED) is 0.841. The highest BCUT2D eigenvalue weighted by Gasteiger charge is 2.50. The summed E-state index contributed by atoms with van der Waals surface area (Å²) >= 11 is 0. The zero-order chi connectivity index (χ0) is 18.4. The van der Waals surface area contributed by atoms with Crippen LogP contribution in [0.1, 0.15) is 42.0 Å². The van der Waals surface area contributed by atoms with Gasteiger partial charge in [-0.25, -0.2) is 9.38 Å². The number of nitrogens with zero attached hydrogens (tertiary/aromatic N) is 2. The first-order chi connectivity index (χ1) is 13.2. The molecule has 1 aliphatic carbocycles. The van der Waals surface area contributed by atoms with Gasteiger partial charge in [0.1, 0.15) is 5.82 Å². The van der Waals surface area contributed by atoms with Gasteiger partial charge in [-0.1, -0.05) is 36.4 Å². The predicted molar refractivity (Wildman–Crippen MR) is 101 cm³/mol. The van der Waals surface area contributed by atoms with E-state index in [2.05, 4.69) is 23.1 Å². The van der Waals surface area contributed by atoms with E-state index in [9.17, 15) is 9.50 Å². The molecular weight excluding hydrogens is 343 g/mol. The van der Waals surface area contributed by atoms with Crippen LogP contribution in [0.3, 0.4) is 0 Å². The minimum Gasteiger partial charge on any atom is -0.454 e. The van der Waals surface area contributed by atoms with Crippen molar-refractivity contribution in [3.63, 3.8) is 0 Å². The molecule has 0 bridgehead atoms. The molecule has 27 heavy (non-hydrogen) atoms. The maximum absolute atomic E-state index is 13.5. The van der Waals surface area contributed by atoms with Crippen molar-refractivity contribution < 1.29 is 14.2 Å². The Bertz CT molecular complexity index is 882. The minimum absolute atomic E-state index is 0.0667. The standard InChI is InChI=1S/C22H23FN2O2/c23-17-9-7-16(8-10-17)20-18-5-2-1-4-15(18)11-13-25(20)21-24-14-22(27-21)12-3-6-19(22)26/h1-2,4-5,7-10,19-20,26H,3,6,11-14H2/t19-,20-,22+/m0/s1. The fraction of sp³-hybridized carbons (Fsp3) is 0.409. The lowest BCUT2D eigenvalue weighted by Crippen LogP contribution is -2.46. The average molecular weight is 366 g/mol. The third kappa shape index (κ3) is 2.72. The van der Waals surface area contributed by atoms with Crippen molar-refractivity contribution in [2.24, 2.45) is 4.99 Å². The van der Waals surface area contributed by atoms with Crippen LogP contribution in [0, 0.1) is 5.82 Å². The van der Waals surface area contributed by atoms with E-state index >= 15 is 0 Å². The lowest BCUT2D eigenvalue weighted by molar-refractivity contribution is -0.0302. The SMILES string of the molecule is O[C@H]1CCC[C@@]12CN=C(N1CCc3ccccc3[C@@H]1c1ccc(F)cc1)O2. The first-order valence-electron chi connectivity index (χ1n) is 9.68. The summed E-state index contributed by atoms with van der Waals surface area (Å²) in [4.78, 5) is 6.87. The summed E-state index contributed by atoms with van der Waals surface area (Å²) in [5.41, 5.74) is 2.97. The van der Waals surface area contributed by atoms with Crippen LogP contribution in [0.25, 0.3) is 0 Å². The van der Waals surface area contributed by atoms with E-state index in [4.69, 9.17) is 9.73 Å². The van der Waals surface area contributed by atoms with E-state index in [1.807, 2.05) is 18.2 Å². The highest BCUT2D eigenvalue weighted by Crippen LogP contribution is 2.41. The highest BCUT2D eigenvalue weighted by molar-refractivity contribution is 5.78. The Balaban J connectivity index is 1.52. The van der Waals surface area contributed by atoms with Crippen molar-refractivity contribution in [2.75, 3.05) is 13.1 Å². The number of fused-ring (bicyclic) bond motifs is 1. The molecule has 140 valence electrons. The summed E-state index contributed by atoms with van der Waals surface area (Å²) < 4.78 is 19.8. The molecule has 3 aliphatic rings. The molecule has 1 N–H and O–H groups in total. The van der Waals surface area contributed by atoms with Gasteiger partial charge in [0, 0.05) is 6.54 Å². The lowest BCUT2D eigenvalue weighted by Gasteiger charge is -2.39. The van der Waals surface area contributed by atoms with E-state index in [0.29, 0.717) is 12.6 Å². The van der Waals surface area contributed by atoms with Crippen molar-refractivity contribution in [2.45, 2.75) is 43.4 Å². The van der Waals surface area contributed by atoms with Crippen LogP contribution >= 0.6 is 0 Å². The predicted octanol–water partition coefficient (Wildman–Crippen LogP) is 3.44. The van der Waals surface area contributed by atoms with Crippen LogP contribution in [-0.4, -0.2) is 40.8 Å². The normalized spacial score (nSPS) is 29.6. The maximum atomic E-state index is 13.5. The van der Waals surface area contributed by atoms with Gasteiger partial charge < -0.3 is 14.7 Å². The molecule has 0 unspecified atom stereocenters. The Labute approximate surface area is 158 Å². The number of aliphatic hydroxyl groups excluding tert-OH is 1. The molecule has 5 rings (SSSR count). The molecule has 0 saturated heterocycles. The van der Waals surface area contributed by atoms with E-state index in [1.165, 1.54) is 23.3 Å². The summed E-state index contributed by atoms with van der Waals surface area (Å²) in [5, 5.41) is 10.4. The van der Waals surface area contributed by atoms with Gasteiger partial charge in [-0.3, -0.25) is 0 Å². The zero-order valence-corrected chi connectivity index (χ0v) is 15.1. The molecule has 4 nitrogen and oxygen atoms in total. The topological polar surface area (TPSA) is 45.1 Å². The Morgan fingerprint density at radius 1 is 1.15 bits per heavy atom. The Morgan fingerprint density at radius 2 is 1.96 bits per heavy atom.